The highest BCUT2D eigenvalue weighted by Gasteiger charge is 2.33. The second kappa shape index (κ2) is 6.42. The third-order valence-corrected chi connectivity index (χ3v) is 6.06. The van der Waals surface area contributed by atoms with Gasteiger partial charge in [0.25, 0.3) is 0 Å². The van der Waals surface area contributed by atoms with E-state index in [-0.39, 0.29) is 5.41 Å². The van der Waals surface area contributed by atoms with Crippen LogP contribution < -0.4 is 11.5 Å². The molecule has 1 heterocycles. The smallest absolute Gasteiger partial charge is 0.0509 e. The summed E-state index contributed by atoms with van der Waals surface area (Å²) >= 11 is 0. The Morgan fingerprint density at radius 3 is 1.79 bits per heavy atom. The van der Waals surface area contributed by atoms with Crippen LogP contribution in [0.5, 0.6) is 0 Å². The van der Waals surface area contributed by atoms with E-state index >= 15 is 0 Å². The van der Waals surface area contributed by atoms with Crippen molar-refractivity contribution in [3.63, 3.8) is 0 Å². The molecule has 1 aromatic heterocycles. The Labute approximate surface area is 170 Å². The van der Waals surface area contributed by atoms with E-state index in [0.717, 1.165) is 22.4 Å². The molecule has 3 nitrogen and oxygen atoms in total. The number of hydrogen-bond acceptors (Lipinski definition) is 2. The molecule has 0 saturated heterocycles. The predicted molar refractivity (Wildman–Crippen MR) is 123 cm³/mol. The number of rotatable bonds is 3. The summed E-state index contributed by atoms with van der Waals surface area (Å²) in [6.07, 6.45) is 0. The van der Waals surface area contributed by atoms with Crippen LogP contribution in [0.15, 0.2) is 91.0 Å². The van der Waals surface area contributed by atoms with E-state index in [4.69, 9.17) is 11.5 Å². The summed E-state index contributed by atoms with van der Waals surface area (Å²) in [4.78, 5) is 3.67. The van der Waals surface area contributed by atoms with Crippen LogP contribution in [0.4, 0.5) is 11.4 Å². The maximum Gasteiger partial charge on any atom is 0.0509 e. The summed E-state index contributed by atoms with van der Waals surface area (Å²) in [7, 11) is 0. The predicted octanol–water partition coefficient (Wildman–Crippen LogP) is 5.84. The number of aromatic nitrogens is 1. The van der Waals surface area contributed by atoms with Gasteiger partial charge in [-0.15, -0.1) is 0 Å². The highest BCUT2D eigenvalue weighted by Crippen LogP contribution is 2.43. The van der Waals surface area contributed by atoms with Crippen LogP contribution in [0.2, 0.25) is 0 Å². The van der Waals surface area contributed by atoms with Crippen molar-refractivity contribution in [3.05, 3.63) is 108 Å². The molecule has 5 rings (SSSR count). The quantitative estimate of drug-likeness (QED) is 0.273. The van der Waals surface area contributed by atoms with Crippen LogP contribution in [0.25, 0.3) is 21.8 Å². The second-order valence-corrected chi connectivity index (χ2v) is 7.77. The van der Waals surface area contributed by atoms with E-state index in [1.165, 1.54) is 27.5 Å². The van der Waals surface area contributed by atoms with Gasteiger partial charge in [-0.1, -0.05) is 60.7 Å². The molecule has 0 amide bonds. The Hall–Kier alpha value is -3.72. The van der Waals surface area contributed by atoms with Gasteiger partial charge in [-0.2, -0.15) is 0 Å². The van der Waals surface area contributed by atoms with Crippen molar-refractivity contribution in [3.8, 4) is 0 Å². The molecule has 0 aliphatic heterocycles. The summed E-state index contributed by atoms with van der Waals surface area (Å²) in [6, 6.07) is 31.3. The number of para-hydroxylation sites is 2. The summed E-state index contributed by atoms with van der Waals surface area (Å²) < 4.78 is 0. The molecule has 0 radical (unpaired) electrons. The molecule has 142 valence electrons. The number of nitrogens with two attached hydrogens (primary N) is 2. The number of benzene rings is 4. The van der Waals surface area contributed by atoms with Crippen LogP contribution in [0.1, 0.15) is 23.6 Å². The molecule has 5 aromatic rings. The van der Waals surface area contributed by atoms with E-state index in [2.05, 4.69) is 78.6 Å². The van der Waals surface area contributed by atoms with E-state index in [1.54, 1.807) is 0 Å². The first-order valence-corrected chi connectivity index (χ1v) is 9.79. The van der Waals surface area contributed by atoms with Crippen LogP contribution in [-0.4, -0.2) is 4.98 Å². The van der Waals surface area contributed by atoms with Crippen molar-refractivity contribution < 1.29 is 0 Å². The molecule has 5 N–H and O–H groups in total. The molecule has 0 spiro atoms. The zero-order chi connectivity index (χ0) is 20.0. The van der Waals surface area contributed by atoms with Gasteiger partial charge in [0.2, 0.25) is 0 Å². The zero-order valence-corrected chi connectivity index (χ0v) is 16.3. The first-order valence-electron chi connectivity index (χ1n) is 9.79. The van der Waals surface area contributed by atoms with Gasteiger partial charge in [-0.25, -0.2) is 0 Å². The van der Waals surface area contributed by atoms with Crippen molar-refractivity contribution in [2.75, 3.05) is 11.5 Å². The van der Waals surface area contributed by atoms with E-state index in [1.807, 2.05) is 24.3 Å². The third kappa shape index (κ3) is 2.66. The molecule has 3 heteroatoms. The van der Waals surface area contributed by atoms with Crippen LogP contribution in [0.3, 0.4) is 0 Å². The molecule has 0 fully saturated rings. The molecule has 0 aliphatic rings. The van der Waals surface area contributed by atoms with Crippen molar-refractivity contribution in [2.24, 2.45) is 0 Å². The van der Waals surface area contributed by atoms with Crippen LogP contribution >= 0.6 is 0 Å². The SMILES string of the molecule is CC(c1ccc(N)cc1)(c1ccc(N)cc1)c1cccc2c1[nH]c1ccccc12. The zero-order valence-electron chi connectivity index (χ0n) is 16.3. The topological polar surface area (TPSA) is 67.8 Å². The summed E-state index contributed by atoms with van der Waals surface area (Å²) in [6.45, 7) is 2.27. The maximum atomic E-state index is 5.99. The monoisotopic (exact) mass is 377 g/mol. The first-order chi connectivity index (χ1) is 14.1. The Bertz CT molecular complexity index is 1270. The Morgan fingerprint density at radius 1 is 0.621 bits per heavy atom. The lowest BCUT2D eigenvalue weighted by Gasteiger charge is -2.32. The fourth-order valence-electron chi connectivity index (χ4n) is 4.40. The van der Waals surface area contributed by atoms with Gasteiger partial charge in [0.05, 0.1) is 5.52 Å². The number of anilines is 2. The van der Waals surface area contributed by atoms with Gasteiger partial charge in [0.15, 0.2) is 0 Å². The number of nitrogens with one attached hydrogen (secondary N) is 1. The number of H-pyrrole nitrogens is 1. The fraction of sp³-hybridized carbons (Fsp3) is 0.0769. The number of hydrogen-bond donors (Lipinski definition) is 3. The summed E-state index contributed by atoms with van der Waals surface area (Å²) in [5.74, 6) is 0. The molecule has 29 heavy (non-hydrogen) atoms. The lowest BCUT2D eigenvalue weighted by Crippen LogP contribution is -2.25. The highest BCUT2D eigenvalue weighted by molar-refractivity contribution is 6.08. The van der Waals surface area contributed by atoms with E-state index in [9.17, 15) is 0 Å². The van der Waals surface area contributed by atoms with Gasteiger partial charge in [0, 0.05) is 33.1 Å². The molecule has 4 aromatic carbocycles. The maximum absolute atomic E-state index is 5.99. The van der Waals surface area contributed by atoms with Gasteiger partial charge >= 0.3 is 0 Å². The summed E-state index contributed by atoms with van der Waals surface area (Å²) in [5, 5.41) is 2.47. The van der Waals surface area contributed by atoms with Gasteiger partial charge < -0.3 is 16.5 Å². The molecule has 0 bridgehead atoms. The molecular formula is C26H23N3. The van der Waals surface area contributed by atoms with Crippen LogP contribution in [-0.2, 0) is 5.41 Å². The van der Waals surface area contributed by atoms with Gasteiger partial charge in [-0.05, 0) is 53.9 Å². The Balaban J connectivity index is 1.86. The standard InChI is InChI=1S/C26H23N3/c1-26(17-9-13-19(27)14-10-17,18-11-15-20(28)16-12-18)23-7-4-6-22-21-5-2-3-8-24(21)29-25(22)23/h2-16,29H,27-28H2,1H3. The van der Waals surface area contributed by atoms with E-state index < -0.39 is 0 Å². The minimum atomic E-state index is -0.373. The van der Waals surface area contributed by atoms with Crippen molar-refractivity contribution in [1.29, 1.82) is 0 Å². The Morgan fingerprint density at radius 2 is 1.17 bits per heavy atom. The minimum Gasteiger partial charge on any atom is -0.399 e. The minimum absolute atomic E-state index is 0.373. The molecular weight excluding hydrogens is 354 g/mol. The van der Waals surface area contributed by atoms with Gasteiger partial charge in [-0.3, -0.25) is 0 Å². The van der Waals surface area contributed by atoms with Crippen molar-refractivity contribution in [1.82, 2.24) is 4.98 Å². The second-order valence-electron chi connectivity index (χ2n) is 7.77. The normalized spacial score (nSPS) is 11.9. The summed E-state index contributed by atoms with van der Waals surface area (Å²) in [5.41, 5.74) is 19.0. The van der Waals surface area contributed by atoms with E-state index in [0.29, 0.717) is 0 Å². The largest absolute Gasteiger partial charge is 0.399 e. The number of aromatic amines is 1. The van der Waals surface area contributed by atoms with Gasteiger partial charge in [0.1, 0.15) is 0 Å². The molecule has 0 atom stereocenters. The number of nitrogen functional groups attached to an aromatic ring is 2. The lowest BCUT2D eigenvalue weighted by molar-refractivity contribution is 0.698. The number of fused-ring (bicyclic) bond motifs is 3. The van der Waals surface area contributed by atoms with Crippen LogP contribution in [0, 0.1) is 0 Å². The molecule has 0 unspecified atom stereocenters. The van der Waals surface area contributed by atoms with Crippen molar-refractivity contribution >= 4 is 33.2 Å². The molecule has 0 saturated carbocycles. The average molecular weight is 377 g/mol. The highest BCUT2D eigenvalue weighted by atomic mass is 14.7. The first kappa shape index (κ1) is 17.4. The average Bonchev–Trinajstić information content (AvgIpc) is 3.13. The third-order valence-electron chi connectivity index (χ3n) is 6.06. The fourth-order valence-corrected chi connectivity index (χ4v) is 4.40. The van der Waals surface area contributed by atoms with Crippen molar-refractivity contribution in [2.45, 2.75) is 12.3 Å². The Kier molecular flexibility index (Phi) is 3.85. The molecule has 0 aliphatic carbocycles. The lowest BCUT2D eigenvalue weighted by atomic mass is 9.70.